The van der Waals surface area contributed by atoms with Crippen molar-refractivity contribution in [2.45, 2.75) is 58.6 Å². The van der Waals surface area contributed by atoms with E-state index in [4.69, 9.17) is 4.74 Å². The van der Waals surface area contributed by atoms with Crippen LogP contribution >= 0.6 is 0 Å². The number of nitrogens with one attached hydrogen (secondary N) is 1. The van der Waals surface area contributed by atoms with Gasteiger partial charge < -0.3 is 10.1 Å². The van der Waals surface area contributed by atoms with Gasteiger partial charge >= 0.3 is 0 Å². The summed E-state index contributed by atoms with van der Waals surface area (Å²) in [5, 5.41) is 3.57. The number of benzene rings is 1. The first-order chi connectivity index (χ1) is 8.69. The van der Waals surface area contributed by atoms with Crippen LogP contribution in [0.25, 0.3) is 0 Å². The number of hydrogen-bond donors (Lipinski definition) is 1. The topological polar surface area (TPSA) is 21.3 Å². The molecule has 2 nitrogen and oxygen atoms in total. The molecule has 0 aliphatic heterocycles. The Balaban J connectivity index is 1.94. The van der Waals surface area contributed by atoms with Gasteiger partial charge in [-0.25, -0.2) is 0 Å². The summed E-state index contributed by atoms with van der Waals surface area (Å²) in [6, 6.07) is 7.18. The normalized spacial score (nSPS) is 16.6. The summed E-state index contributed by atoms with van der Waals surface area (Å²) in [6.07, 6.45) is 5.26. The summed E-state index contributed by atoms with van der Waals surface area (Å²) < 4.78 is 6.18. The molecule has 1 unspecified atom stereocenters. The van der Waals surface area contributed by atoms with Gasteiger partial charge in [-0.1, -0.05) is 25.5 Å². The van der Waals surface area contributed by atoms with Crippen LogP contribution in [0.2, 0.25) is 0 Å². The van der Waals surface area contributed by atoms with Crippen LogP contribution < -0.4 is 10.1 Å². The zero-order chi connectivity index (χ0) is 13.0. The SMILES string of the molecule is CCCC(CNC1CC1)Oc1cc(C)ccc1C. The Bertz CT molecular complexity index is 385. The minimum Gasteiger partial charge on any atom is -0.489 e. The molecule has 2 heteroatoms. The van der Waals surface area contributed by atoms with Crippen molar-refractivity contribution >= 4 is 0 Å². The molecule has 1 fully saturated rings. The highest BCUT2D eigenvalue weighted by Gasteiger charge is 2.22. The van der Waals surface area contributed by atoms with Crippen LogP contribution in [0, 0.1) is 13.8 Å². The minimum atomic E-state index is 0.302. The second kappa shape index (κ2) is 6.24. The van der Waals surface area contributed by atoms with E-state index in [0.29, 0.717) is 6.10 Å². The van der Waals surface area contributed by atoms with Gasteiger partial charge in [0, 0.05) is 12.6 Å². The monoisotopic (exact) mass is 247 g/mol. The van der Waals surface area contributed by atoms with Crippen LogP contribution in [0.5, 0.6) is 5.75 Å². The van der Waals surface area contributed by atoms with E-state index in [1.807, 2.05) is 0 Å². The molecule has 1 atom stereocenters. The molecule has 1 N–H and O–H groups in total. The predicted molar refractivity (Wildman–Crippen MR) is 76.3 cm³/mol. The van der Waals surface area contributed by atoms with Crippen molar-refractivity contribution in [2.24, 2.45) is 0 Å². The molecule has 1 aliphatic rings. The number of ether oxygens (including phenoxy) is 1. The molecule has 0 radical (unpaired) electrons. The second-order valence-corrected chi connectivity index (χ2v) is 5.48. The van der Waals surface area contributed by atoms with Crippen LogP contribution in [-0.2, 0) is 0 Å². The van der Waals surface area contributed by atoms with Gasteiger partial charge in [0.05, 0.1) is 0 Å². The Kier molecular flexibility index (Phi) is 4.65. The lowest BCUT2D eigenvalue weighted by atomic mass is 10.1. The Morgan fingerprint density at radius 2 is 2.11 bits per heavy atom. The van der Waals surface area contributed by atoms with Gasteiger partial charge in [0.2, 0.25) is 0 Å². The van der Waals surface area contributed by atoms with Crippen LogP contribution in [0.15, 0.2) is 18.2 Å². The quantitative estimate of drug-likeness (QED) is 0.795. The first-order valence-corrected chi connectivity index (χ1v) is 7.16. The highest BCUT2D eigenvalue weighted by atomic mass is 16.5. The van der Waals surface area contributed by atoms with Crippen molar-refractivity contribution in [1.29, 1.82) is 0 Å². The maximum absolute atomic E-state index is 6.18. The maximum Gasteiger partial charge on any atom is 0.122 e. The highest BCUT2D eigenvalue weighted by Crippen LogP contribution is 2.23. The van der Waals surface area contributed by atoms with Crippen molar-refractivity contribution in [3.05, 3.63) is 29.3 Å². The van der Waals surface area contributed by atoms with Crippen molar-refractivity contribution in [1.82, 2.24) is 5.32 Å². The van der Waals surface area contributed by atoms with Gasteiger partial charge in [0.1, 0.15) is 11.9 Å². The van der Waals surface area contributed by atoms with Crippen LogP contribution in [0.4, 0.5) is 0 Å². The molecule has 0 amide bonds. The Morgan fingerprint density at radius 1 is 1.33 bits per heavy atom. The fourth-order valence-electron chi connectivity index (χ4n) is 2.12. The first kappa shape index (κ1) is 13.4. The fourth-order valence-corrected chi connectivity index (χ4v) is 2.12. The standard InChI is InChI=1S/C16H25NO/c1-4-5-15(11-17-14-8-9-14)18-16-10-12(2)6-7-13(16)3/h6-7,10,14-15,17H,4-5,8-9,11H2,1-3H3. The zero-order valence-corrected chi connectivity index (χ0v) is 11.8. The largest absolute Gasteiger partial charge is 0.489 e. The summed E-state index contributed by atoms with van der Waals surface area (Å²) in [7, 11) is 0. The van der Waals surface area contributed by atoms with Gasteiger partial charge in [-0.2, -0.15) is 0 Å². The van der Waals surface area contributed by atoms with E-state index in [9.17, 15) is 0 Å². The van der Waals surface area contributed by atoms with Crippen molar-refractivity contribution in [3.8, 4) is 5.75 Å². The minimum absolute atomic E-state index is 0.302. The molecule has 1 aromatic rings. The molecule has 0 saturated heterocycles. The van der Waals surface area contributed by atoms with E-state index in [-0.39, 0.29) is 0 Å². The molecule has 0 spiro atoms. The number of hydrogen-bond acceptors (Lipinski definition) is 2. The molecule has 1 aliphatic carbocycles. The Labute approximate surface area is 111 Å². The smallest absolute Gasteiger partial charge is 0.122 e. The van der Waals surface area contributed by atoms with Gasteiger partial charge in [-0.3, -0.25) is 0 Å². The third kappa shape index (κ3) is 4.02. The van der Waals surface area contributed by atoms with Crippen molar-refractivity contribution in [3.63, 3.8) is 0 Å². The van der Waals surface area contributed by atoms with E-state index in [1.54, 1.807) is 0 Å². The second-order valence-electron chi connectivity index (χ2n) is 5.48. The Morgan fingerprint density at radius 3 is 2.78 bits per heavy atom. The van der Waals surface area contributed by atoms with Gasteiger partial charge in [0.15, 0.2) is 0 Å². The number of aryl methyl sites for hydroxylation is 2. The van der Waals surface area contributed by atoms with Crippen molar-refractivity contribution < 1.29 is 4.74 Å². The summed E-state index contributed by atoms with van der Waals surface area (Å²) in [5.41, 5.74) is 2.49. The molecule has 1 aromatic carbocycles. The van der Waals surface area contributed by atoms with Gasteiger partial charge in [-0.05, 0) is 50.3 Å². The summed E-state index contributed by atoms with van der Waals surface area (Å²) >= 11 is 0. The van der Waals surface area contributed by atoms with Gasteiger partial charge in [0.25, 0.3) is 0 Å². The van der Waals surface area contributed by atoms with Crippen LogP contribution in [0.1, 0.15) is 43.7 Å². The van der Waals surface area contributed by atoms with E-state index in [0.717, 1.165) is 24.8 Å². The molecule has 0 heterocycles. The predicted octanol–water partition coefficient (Wildman–Crippen LogP) is 3.60. The summed E-state index contributed by atoms with van der Waals surface area (Å²) in [4.78, 5) is 0. The molecule has 2 rings (SSSR count). The van der Waals surface area contributed by atoms with Crippen molar-refractivity contribution in [2.75, 3.05) is 6.54 Å². The average Bonchev–Trinajstić information content (AvgIpc) is 3.15. The van der Waals surface area contributed by atoms with E-state index in [1.165, 1.54) is 30.4 Å². The lowest BCUT2D eigenvalue weighted by Gasteiger charge is -2.20. The van der Waals surface area contributed by atoms with E-state index < -0.39 is 0 Å². The molecule has 100 valence electrons. The zero-order valence-electron chi connectivity index (χ0n) is 11.8. The maximum atomic E-state index is 6.18. The average molecular weight is 247 g/mol. The van der Waals surface area contributed by atoms with E-state index in [2.05, 4.69) is 44.3 Å². The molecular formula is C16H25NO. The number of rotatable bonds is 7. The van der Waals surface area contributed by atoms with E-state index >= 15 is 0 Å². The van der Waals surface area contributed by atoms with Crippen LogP contribution in [0.3, 0.4) is 0 Å². The summed E-state index contributed by atoms with van der Waals surface area (Å²) in [5.74, 6) is 1.05. The molecule has 0 aromatic heterocycles. The third-order valence-corrected chi connectivity index (χ3v) is 3.46. The molecular weight excluding hydrogens is 222 g/mol. The fraction of sp³-hybridized carbons (Fsp3) is 0.625. The first-order valence-electron chi connectivity index (χ1n) is 7.16. The molecule has 0 bridgehead atoms. The van der Waals surface area contributed by atoms with Gasteiger partial charge in [-0.15, -0.1) is 0 Å². The Hall–Kier alpha value is -1.02. The molecule has 18 heavy (non-hydrogen) atoms. The third-order valence-electron chi connectivity index (χ3n) is 3.46. The lowest BCUT2D eigenvalue weighted by molar-refractivity contribution is 0.184. The highest BCUT2D eigenvalue weighted by molar-refractivity contribution is 5.36. The lowest BCUT2D eigenvalue weighted by Crippen LogP contribution is -2.32. The summed E-state index contributed by atoms with van der Waals surface area (Å²) in [6.45, 7) is 7.43. The van der Waals surface area contributed by atoms with Crippen LogP contribution in [-0.4, -0.2) is 18.7 Å². The molecule has 1 saturated carbocycles.